The minimum atomic E-state index is -0.320. The average Bonchev–Trinajstić information content (AvgIpc) is 3.33. The molecule has 4 nitrogen and oxygen atoms in total. The fourth-order valence-electron chi connectivity index (χ4n) is 3.81. The van der Waals surface area contributed by atoms with Gasteiger partial charge in [-0.2, -0.15) is 0 Å². The Morgan fingerprint density at radius 1 is 1.36 bits per heavy atom. The first-order valence-corrected chi connectivity index (χ1v) is 10.1. The Morgan fingerprint density at radius 3 is 2.96 bits per heavy atom. The van der Waals surface area contributed by atoms with Crippen LogP contribution >= 0.6 is 23.1 Å². The third kappa shape index (κ3) is 2.91. The molecule has 6 heteroatoms. The van der Waals surface area contributed by atoms with E-state index in [1.54, 1.807) is 30.2 Å². The fourth-order valence-corrected chi connectivity index (χ4v) is 5.90. The van der Waals surface area contributed by atoms with Gasteiger partial charge in [-0.05, 0) is 54.5 Å². The molecule has 1 fully saturated rings. The van der Waals surface area contributed by atoms with Crippen molar-refractivity contribution in [2.45, 2.75) is 47.0 Å². The molecular weight excluding hydrogens is 354 g/mol. The highest BCUT2D eigenvalue weighted by molar-refractivity contribution is 8.01. The Bertz CT molecular complexity index is 817. The van der Waals surface area contributed by atoms with Crippen LogP contribution < -0.4 is 0 Å². The zero-order valence-electron chi connectivity index (χ0n) is 14.3. The summed E-state index contributed by atoms with van der Waals surface area (Å²) in [7, 11) is 1.77. The number of hydrogen-bond donors (Lipinski definition) is 1. The molecule has 2 aromatic rings. The molecule has 0 radical (unpaired) electrons. The summed E-state index contributed by atoms with van der Waals surface area (Å²) >= 11 is 3.52. The maximum atomic E-state index is 9.06. The lowest BCUT2D eigenvalue weighted by molar-refractivity contribution is -0.0645. The van der Waals surface area contributed by atoms with Crippen molar-refractivity contribution in [2.75, 3.05) is 13.7 Å². The molecule has 4 rings (SSSR count). The topological polar surface area (TPSA) is 51.0 Å². The summed E-state index contributed by atoms with van der Waals surface area (Å²) in [6, 6.07) is 8.62. The number of rotatable bonds is 4. The zero-order chi connectivity index (χ0) is 17.4. The summed E-state index contributed by atoms with van der Waals surface area (Å²) in [6.07, 6.45) is 2.73. The molecule has 2 unspecified atom stereocenters. The van der Waals surface area contributed by atoms with Crippen LogP contribution in [0, 0.1) is 0 Å². The number of hydrogen-bond acceptors (Lipinski definition) is 6. The van der Waals surface area contributed by atoms with Crippen LogP contribution in [0.3, 0.4) is 0 Å². The number of oxime groups is 1. The van der Waals surface area contributed by atoms with Gasteiger partial charge in [-0.3, -0.25) is 0 Å². The van der Waals surface area contributed by atoms with E-state index in [4.69, 9.17) is 14.7 Å². The molecule has 1 saturated heterocycles. The molecule has 0 bridgehead atoms. The highest BCUT2D eigenvalue weighted by Gasteiger charge is 2.44. The lowest BCUT2D eigenvalue weighted by atomic mass is 9.90. The molecule has 1 aromatic heterocycles. The second-order valence-electron chi connectivity index (χ2n) is 6.48. The van der Waals surface area contributed by atoms with Crippen LogP contribution in [0.1, 0.15) is 36.5 Å². The molecule has 1 aliphatic heterocycles. The maximum Gasteiger partial charge on any atom is 0.121 e. The first-order chi connectivity index (χ1) is 12.2. The van der Waals surface area contributed by atoms with Crippen LogP contribution in [0.2, 0.25) is 0 Å². The van der Waals surface area contributed by atoms with E-state index in [1.807, 2.05) is 0 Å². The summed E-state index contributed by atoms with van der Waals surface area (Å²) in [6.45, 7) is 2.83. The number of thiophene rings is 1. The SMILES string of the molecule is COC1(c2csc(Sc3ccc4c(c3)CC/C4=N/O)c2)CCOC1C. The van der Waals surface area contributed by atoms with Gasteiger partial charge in [-0.1, -0.05) is 23.0 Å². The number of aryl methyl sites for hydroxylation is 1. The lowest BCUT2D eigenvalue weighted by Gasteiger charge is -2.30. The molecule has 2 aliphatic rings. The van der Waals surface area contributed by atoms with E-state index in [0.717, 1.165) is 37.1 Å². The molecule has 132 valence electrons. The highest BCUT2D eigenvalue weighted by Crippen LogP contribution is 2.44. The molecule has 1 aromatic carbocycles. The number of fused-ring (bicyclic) bond motifs is 1. The normalized spacial score (nSPS) is 27.1. The molecule has 2 atom stereocenters. The van der Waals surface area contributed by atoms with Crippen LogP contribution in [0.25, 0.3) is 0 Å². The van der Waals surface area contributed by atoms with Crippen molar-refractivity contribution in [3.05, 3.63) is 46.3 Å². The van der Waals surface area contributed by atoms with E-state index in [9.17, 15) is 0 Å². The smallest absolute Gasteiger partial charge is 0.121 e. The van der Waals surface area contributed by atoms with E-state index >= 15 is 0 Å². The third-order valence-electron chi connectivity index (χ3n) is 5.28. The Hall–Kier alpha value is -1.34. The van der Waals surface area contributed by atoms with Gasteiger partial charge in [0.1, 0.15) is 5.60 Å². The van der Waals surface area contributed by atoms with Gasteiger partial charge in [-0.25, -0.2) is 0 Å². The summed E-state index contributed by atoms with van der Waals surface area (Å²) < 4.78 is 12.9. The quantitative estimate of drug-likeness (QED) is 0.623. The van der Waals surface area contributed by atoms with Crippen molar-refractivity contribution < 1.29 is 14.7 Å². The first kappa shape index (κ1) is 17.1. The van der Waals surface area contributed by atoms with Gasteiger partial charge in [0.05, 0.1) is 22.6 Å². The minimum absolute atomic E-state index is 0.0705. The minimum Gasteiger partial charge on any atom is -0.411 e. The lowest BCUT2D eigenvalue weighted by Crippen LogP contribution is -2.35. The average molecular weight is 376 g/mol. The fraction of sp³-hybridized carbons (Fsp3) is 0.421. The summed E-state index contributed by atoms with van der Waals surface area (Å²) in [4.78, 5) is 1.22. The van der Waals surface area contributed by atoms with E-state index in [0.29, 0.717) is 0 Å². The molecular formula is C19H21NO3S2. The zero-order valence-corrected chi connectivity index (χ0v) is 16.0. The Labute approximate surface area is 155 Å². The van der Waals surface area contributed by atoms with Gasteiger partial charge in [0.25, 0.3) is 0 Å². The van der Waals surface area contributed by atoms with Crippen LogP contribution in [0.4, 0.5) is 0 Å². The van der Waals surface area contributed by atoms with Crippen LogP contribution in [0.15, 0.2) is 43.9 Å². The summed E-state index contributed by atoms with van der Waals surface area (Å²) in [5.74, 6) is 0. The Morgan fingerprint density at radius 2 is 2.24 bits per heavy atom. The van der Waals surface area contributed by atoms with Crippen molar-refractivity contribution in [1.82, 2.24) is 0 Å². The molecule has 0 spiro atoms. The van der Waals surface area contributed by atoms with Gasteiger partial charge in [-0.15, -0.1) is 11.3 Å². The molecule has 1 N–H and O–H groups in total. The summed E-state index contributed by atoms with van der Waals surface area (Å²) in [5, 5.41) is 14.7. The van der Waals surface area contributed by atoms with Gasteiger partial charge in [0, 0.05) is 24.0 Å². The second kappa shape index (κ2) is 6.76. The molecule has 0 amide bonds. The third-order valence-corrected chi connectivity index (χ3v) is 7.35. The molecule has 2 heterocycles. The molecule has 25 heavy (non-hydrogen) atoms. The van der Waals surface area contributed by atoms with E-state index in [-0.39, 0.29) is 11.7 Å². The van der Waals surface area contributed by atoms with Crippen LogP contribution in [-0.4, -0.2) is 30.7 Å². The largest absolute Gasteiger partial charge is 0.411 e. The van der Waals surface area contributed by atoms with Crippen molar-refractivity contribution >= 4 is 28.8 Å². The number of ether oxygens (including phenoxy) is 2. The molecule has 0 saturated carbocycles. The van der Waals surface area contributed by atoms with Crippen molar-refractivity contribution in [3.8, 4) is 0 Å². The van der Waals surface area contributed by atoms with E-state index < -0.39 is 0 Å². The highest BCUT2D eigenvalue weighted by atomic mass is 32.2. The summed E-state index contributed by atoms with van der Waals surface area (Å²) in [5.41, 5.74) is 4.03. The van der Waals surface area contributed by atoms with Crippen molar-refractivity contribution in [3.63, 3.8) is 0 Å². The van der Waals surface area contributed by atoms with Crippen molar-refractivity contribution in [2.24, 2.45) is 5.16 Å². The van der Waals surface area contributed by atoms with Gasteiger partial charge < -0.3 is 14.7 Å². The first-order valence-electron chi connectivity index (χ1n) is 8.44. The number of methoxy groups -OCH3 is 1. The van der Waals surface area contributed by atoms with Gasteiger partial charge >= 0.3 is 0 Å². The number of benzene rings is 1. The van der Waals surface area contributed by atoms with E-state index in [2.05, 4.69) is 41.7 Å². The van der Waals surface area contributed by atoms with Crippen LogP contribution in [-0.2, 0) is 21.5 Å². The van der Waals surface area contributed by atoms with Gasteiger partial charge in [0.15, 0.2) is 0 Å². The number of nitrogens with zero attached hydrogens (tertiary/aromatic N) is 1. The van der Waals surface area contributed by atoms with Crippen molar-refractivity contribution in [1.29, 1.82) is 0 Å². The van der Waals surface area contributed by atoms with Crippen LogP contribution in [0.5, 0.6) is 0 Å². The maximum absolute atomic E-state index is 9.06. The Kier molecular flexibility index (Phi) is 4.62. The predicted molar refractivity (Wildman–Crippen MR) is 100 cm³/mol. The molecule has 1 aliphatic carbocycles. The predicted octanol–water partition coefficient (Wildman–Crippen LogP) is 4.67. The van der Waals surface area contributed by atoms with Gasteiger partial charge in [0.2, 0.25) is 0 Å². The van der Waals surface area contributed by atoms with E-state index in [1.165, 1.54) is 20.2 Å². The monoisotopic (exact) mass is 375 g/mol. The Balaban J connectivity index is 1.56. The standard InChI is InChI=1S/C19H21NO3S2/c1-12-19(22-2,7-8-23-12)14-10-18(24-11-14)25-15-4-5-16-13(9-15)3-6-17(16)20-21/h4-5,9-12,21H,3,6-8H2,1-2H3/b20-17-. The second-order valence-corrected chi connectivity index (χ2v) is 8.76.